The lowest BCUT2D eigenvalue weighted by molar-refractivity contribution is 0.457. The van der Waals surface area contributed by atoms with Gasteiger partial charge >= 0.3 is 0 Å². The van der Waals surface area contributed by atoms with Gasteiger partial charge in [0.05, 0.1) is 12.0 Å². The Morgan fingerprint density at radius 2 is 1.94 bits per heavy atom. The van der Waals surface area contributed by atoms with Gasteiger partial charge in [0.25, 0.3) is 0 Å². The molecule has 0 aliphatic heterocycles. The fraction of sp³-hybridized carbons (Fsp3) is 0.800. The van der Waals surface area contributed by atoms with Crippen molar-refractivity contribution in [1.82, 2.24) is 14.9 Å². The molecule has 1 heterocycles. The Kier molecular flexibility index (Phi) is 2.60. The maximum absolute atomic E-state index is 4.28. The quantitative estimate of drug-likeness (QED) is 0.867. The first-order chi connectivity index (χ1) is 8.44. The molecule has 0 bridgehead atoms. The number of hydrogen-bond donors (Lipinski definition) is 1. The van der Waals surface area contributed by atoms with Crippen LogP contribution in [0.1, 0.15) is 52.3 Å². The Hall–Kier alpha value is -0.830. The van der Waals surface area contributed by atoms with Gasteiger partial charge in [-0.1, -0.05) is 27.7 Å². The molecule has 0 radical (unpaired) electrons. The van der Waals surface area contributed by atoms with E-state index in [1.165, 1.54) is 18.5 Å². The van der Waals surface area contributed by atoms with Crippen molar-refractivity contribution < 1.29 is 0 Å². The highest BCUT2D eigenvalue weighted by molar-refractivity contribution is 5.13. The van der Waals surface area contributed by atoms with E-state index in [0.717, 1.165) is 25.0 Å². The molecule has 0 unspecified atom stereocenters. The Morgan fingerprint density at radius 1 is 1.28 bits per heavy atom. The molecule has 0 aromatic carbocycles. The Labute approximate surface area is 110 Å². The third kappa shape index (κ3) is 1.80. The fourth-order valence-corrected chi connectivity index (χ4v) is 3.34. The summed E-state index contributed by atoms with van der Waals surface area (Å²) in [5.74, 6) is 0.794. The SMILES string of the molecule is CC1(C)C(CNCc2cncn2C2CC2)C1(C)C. The molecule has 2 fully saturated rings. The second-order valence-electron chi connectivity index (χ2n) is 7.15. The average molecular weight is 247 g/mol. The highest BCUT2D eigenvalue weighted by Gasteiger charge is 2.63. The maximum atomic E-state index is 4.28. The largest absolute Gasteiger partial charge is 0.330 e. The highest BCUT2D eigenvalue weighted by atomic mass is 15.1. The molecule has 0 atom stereocenters. The van der Waals surface area contributed by atoms with Crippen molar-refractivity contribution in [2.75, 3.05) is 6.54 Å². The van der Waals surface area contributed by atoms with Crippen molar-refractivity contribution >= 4 is 0 Å². The molecule has 0 amide bonds. The lowest BCUT2D eigenvalue weighted by Crippen LogP contribution is -2.20. The number of rotatable bonds is 5. The molecule has 0 spiro atoms. The molecule has 3 nitrogen and oxygen atoms in total. The van der Waals surface area contributed by atoms with Gasteiger partial charge in [-0.05, 0) is 36.1 Å². The minimum atomic E-state index is 0.483. The van der Waals surface area contributed by atoms with Gasteiger partial charge in [0.2, 0.25) is 0 Å². The van der Waals surface area contributed by atoms with E-state index in [4.69, 9.17) is 0 Å². The Balaban J connectivity index is 1.52. The second-order valence-corrected chi connectivity index (χ2v) is 7.15. The standard InChI is InChI=1S/C15H25N3/c1-14(2)13(15(14,3)4)9-16-7-12-8-17-10-18(12)11-5-6-11/h8,10-11,13,16H,5-7,9H2,1-4H3. The van der Waals surface area contributed by atoms with E-state index in [1.807, 2.05) is 12.5 Å². The average Bonchev–Trinajstić information content (AvgIpc) is 3.12. The van der Waals surface area contributed by atoms with Crippen LogP contribution < -0.4 is 5.32 Å². The second kappa shape index (κ2) is 3.83. The van der Waals surface area contributed by atoms with Crippen LogP contribution in [0.15, 0.2) is 12.5 Å². The Bertz CT molecular complexity index is 426. The fourth-order valence-electron chi connectivity index (χ4n) is 3.34. The number of hydrogen-bond acceptors (Lipinski definition) is 2. The van der Waals surface area contributed by atoms with Crippen molar-refractivity contribution in [3.63, 3.8) is 0 Å². The molecule has 1 N–H and O–H groups in total. The van der Waals surface area contributed by atoms with Gasteiger partial charge < -0.3 is 9.88 Å². The monoisotopic (exact) mass is 247 g/mol. The van der Waals surface area contributed by atoms with E-state index in [-0.39, 0.29) is 0 Å². The maximum Gasteiger partial charge on any atom is 0.0951 e. The van der Waals surface area contributed by atoms with E-state index in [2.05, 4.69) is 42.6 Å². The number of imidazole rings is 1. The van der Waals surface area contributed by atoms with E-state index >= 15 is 0 Å². The van der Waals surface area contributed by atoms with E-state index < -0.39 is 0 Å². The smallest absolute Gasteiger partial charge is 0.0951 e. The van der Waals surface area contributed by atoms with Crippen molar-refractivity contribution in [1.29, 1.82) is 0 Å². The molecule has 3 heteroatoms. The van der Waals surface area contributed by atoms with Crippen LogP contribution in [0, 0.1) is 16.7 Å². The van der Waals surface area contributed by atoms with E-state index in [9.17, 15) is 0 Å². The summed E-state index contributed by atoms with van der Waals surface area (Å²) in [4.78, 5) is 4.28. The van der Waals surface area contributed by atoms with Crippen molar-refractivity contribution in [3.8, 4) is 0 Å². The van der Waals surface area contributed by atoms with Gasteiger partial charge in [-0.15, -0.1) is 0 Å². The summed E-state index contributed by atoms with van der Waals surface area (Å²) in [5.41, 5.74) is 2.31. The molecule has 1 aromatic heterocycles. The van der Waals surface area contributed by atoms with Crippen molar-refractivity contribution in [2.45, 2.75) is 53.1 Å². The van der Waals surface area contributed by atoms with Crippen LogP contribution in [0.2, 0.25) is 0 Å². The molecule has 100 valence electrons. The molecule has 2 aliphatic carbocycles. The highest BCUT2D eigenvalue weighted by Crippen LogP contribution is 2.67. The third-order valence-corrected chi connectivity index (χ3v) is 5.66. The molecular formula is C15H25N3. The first-order valence-electron chi connectivity index (χ1n) is 7.16. The first-order valence-corrected chi connectivity index (χ1v) is 7.16. The molecule has 18 heavy (non-hydrogen) atoms. The number of nitrogens with one attached hydrogen (secondary N) is 1. The molecule has 0 saturated heterocycles. The predicted octanol–water partition coefficient (Wildman–Crippen LogP) is 2.99. The predicted molar refractivity (Wildman–Crippen MR) is 73.3 cm³/mol. The normalized spacial score (nSPS) is 25.3. The topological polar surface area (TPSA) is 29.9 Å². The summed E-state index contributed by atoms with van der Waals surface area (Å²) in [6.45, 7) is 11.6. The summed E-state index contributed by atoms with van der Waals surface area (Å²) in [7, 11) is 0. The van der Waals surface area contributed by atoms with Gasteiger partial charge in [-0.2, -0.15) is 0 Å². The van der Waals surface area contributed by atoms with Gasteiger partial charge in [0.15, 0.2) is 0 Å². The summed E-state index contributed by atoms with van der Waals surface area (Å²) >= 11 is 0. The van der Waals surface area contributed by atoms with E-state index in [1.54, 1.807) is 0 Å². The van der Waals surface area contributed by atoms with Crippen molar-refractivity contribution in [2.24, 2.45) is 16.7 Å². The van der Waals surface area contributed by atoms with Crippen LogP contribution in [0.4, 0.5) is 0 Å². The van der Waals surface area contributed by atoms with Crippen LogP contribution in [-0.2, 0) is 6.54 Å². The first kappa shape index (κ1) is 12.2. The number of aromatic nitrogens is 2. The van der Waals surface area contributed by atoms with Crippen LogP contribution in [0.3, 0.4) is 0 Å². The number of nitrogens with zero attached hydrogens (tertiary/aromatic N) is 2. The van der Waals surface area contributed by atoms with Gasteiger partial charge in [-0.3, -0.25) is 0 Å². The summed E-state index contributed by atoms with van der Waals surface area (Å²) in [6.07, 6.45) is 6.65. The molecule has 2 aliphatic rings. The van der Waals surface area contributed by atoms with Gasteiger partial charge in [-0.25, -0.2) is 4.98 Å². The van der Waals surface area contributed by atoms with Crippen LogP contribution in [-0.4, -0.2) is 16.1 Å². The summed E-state index contributed by atoms with van der Waals surface area (Å²) in [6, 6.07) is 0.734. The van der Waals surface area contributed by atoms with E-state index in [0.29, 0.717) is 10.8 Å². The zero-order chi connectivity index (χ0) is 13.0. The van der Waals surface area contributed by atoms with Crippen LogP contribution >= 0.6 is 0 Å². The Morgan fingerprint density at radius 3 is 2.50 bits per heavy atom. The molecule has 1 aromatic rings. The zero-order valence-electron chi connectivity index (χ0n) is 12.0. The van der Waals surface area contributed by atoms with Crippen molar-refractivity contribution in [3.05, 3.63) is 18.2 Å². The molecule has 3 rings (SSSR count). The summed E-state index contributed by atoms with van der Waals surface area (Å²) in [5, 5.41) is 3.62. The van der Waals surface area contributed by atoms with Crippen LogP contribution in [0.25, 0.3) is 0 Å². The van der Waals surface area contributed by atoms with Gasteiger partial charge in [0.1, 0.15) is 0 Å². The third-order valence-electron chi connectivity index (χ3n) is 5.66. The lowest BCUT2D eigenvalue weighted by atomic mass is 10.0. The molecular weight excluding hydrogens is 222 g/mol. The minimum absolute atomic E-state index is 0.483. The van der Waals surface area contributed by atoms with Gasteiger partial charge in [0, 0.05) is 18.8 Å². The zero-order valence-corrected chi connectivity index (χ0v) is 12.0. The molecule has 2 saturated carbocycles. The van der Waals surface area contributed by atoms with Crippen LogP contribution in [0.5, 0.6) is 0 Å². The lowest BCUT2D eigenvalue weighted by Gasteiger charge is -2.08. The summed E-state index contributed by atoms with van der Waals surface area (Å²) < 4.78 is 2.34. The minimum Gasteiger partial charge on any atom is -0.330 e.